The van der Waals surface area contributed by atoms with Crippen molar-refractivity contribution in [3.63, 3.8) is 0 Å². The smallest absolute Gasteiger partial charge is 0.220 e. The number of hydrogen-bond acceptors (Lipinski definition) is 3. The molecule has 70 valence electrons. The van der Waals surface area contributed by atoms with Crippen LogP contribution in [0.25, 0.3) is 0 Å². The van der Waals surface area contributed by atoms with Crippen molar-refractivity contribution in [3.8, 4) is 0 Å². The van der Waals surface area contributed by atoms with Gasteiger partial charge in [0.1, 0.15) is 0 Å². The van der Waals surface area contributed by atoms with Gasteiger partial charge in [-0.05, 0) is 18.6 Å². The fraction of sp³-hybridized carbons (Fsp3) is 0.400. The highest BCUT2D eigenvalue weighted by Crippen LogP contribution is 2.38. The number of rotatable bonds is 2. The van der Waals surface area contributed by atoms with Crippen LogP contribution >= 0.6 is 11.8 Å². The SMILES string of the molecule is OC1(Sc2ccccc2)CCCO1. The molecule has 1 unspecified atom stereocenters. The average Bonchev–Trinajstić information content (AvgIpc) is 2.54. The van der Waals surface area contributed by atoms with Gasteiger partial charge in [-0.25, -0.2) is 0 Å². The third-order valence-electron chi connectivity index (χ3n) is 1.99. The normalized spacial score (nSPS) is 27.8. The summed E-state index contributed by atoms with van der Waals surface area (Å²) < 4.78 is 5.26. The predicted molar refractivity (Wildman–Crippen MR) is 52.4 cm³/mol. The molecule has 1 heterocycles. The maximum atomic E-state index is 9.89. The first kappa shape index (κ1) is 9.06. The molecule has 1 aliphatic heterocycles. The Balaban J connectivity index is 2.05. The molecule has 1 N–H and O–H groups in total. The summed E-state index contributed by atoms with van der Waals surface area (Å²) in [6.45, 7) is 0.663. The maximum absolute atomic E-state index is 9.89. The van der Waals surface area contributed by atoms with Crippen molar-refractivity contribution in [2.24, 2.45) is 0 Å². The van der Waals surface area contributed by atoms with E-state index in [0.29, 0.717) is 13.0 Å². The Bertz CT molecular complexity index is 268. The van der Waals surface area contributed by atoms with Crippen molar-refractivity contribution < 1.29 is 9.84 Å². The molecular weight excluding hydrogens is 184 g/mol. The van der Waals surface area contributed by atoms with E-state index in [4.69, 9.17) is 4.74 Å². The molecule has 0 saturated carbocycles. The van der Waals surface area contributed by atoms with Crippen LogP contribution in [0.3, 0.4) is 0 Å². The van der Waals surface area contributed by atoms with E-state index >= 15 is 0 Å². The zero-order valence-electron chi connectivity index (χ0n) is 7.27. The van der Waals surface area contributed by atoms with Crippen LogP contribution in [-0.2, 0) is 4.74 Å². The molecule has 13 heavy (non-hydrogen) atoms. The van der Waals surface area contributed by atoms with Crippen LogP contribution < -0.4 is 0 Å². The number of benzene rings is 1. The monoisotopic (exact) mass is 196 g/mol. The molecule has 1 aromatic carbocycles. The van der Waals surface area contributed by atoms with Crippen LogP contribution in [0.5, 0.6) is 0 Å². The van der Waals surface area contributed by atoms with E-state index in [-0.39, 0.29) is 0 Å². The average molecular weight is 196 g/mol. The number of thioether (sulfide) groups is 1. The van der Waals surface area contributed by atoms with Gasteiger partial charge in [-0.15, -0.1) is 0 Å². The Morgan fingerprint density at radius 2 is 2.08 bits per heavy atom. The van der Waals surface area contributed by atoms with Gasteiger partial charge in [0.25, 0.3) is 0 Å². The molecule has 1 atom stereocenters. The maximum Gasteiger partial charge on any atom is 0.220 e. The zero-order chi connectivity index (χ0) is 9.15. The predicted octanol–water partition coefficient (Wildman–Crippen LogP) is 2.24. The second kappa shape index (κ2) is 3.70. The molecule has 0 amide bonds. The largest absolute Gasteiger partial charge is 0.357 e. The quantitative estimate of drug-likeness (QED) is 0.735. The Morgan fingerprint density at radius 3 is 2.69 bits per heavy atom. The fourth-order valence-electron chi connectivity index (χ4n) is 1.35. The summed E-state index contributed by atoms with van der Waals surface area (Å²) in [5.41, 5.74) is 0. The summed E-state index contributed by atoms with van der Waals surface area (Å²) >= 11 is 1.39. The van der Waals surface area contributed by atoms with Crippen LogP contribution in [0, 0.1) is 0 Å². The van der Waals surface area contributed by atoms with E-state index in [1.807, 2.05) is 30.3 Å². The first-order valence-electron chi connectivity index (χ1n) is 4.39. The van der Waals surface area contributed by atoms with E-state index in [2.05, 4.69) is 0 Å². The number of aliphatic hydroxyl groups is 1. The Kier molecular flexibility index (Phi) is 2.58. The minimum atomic E-state index is -0.985. The molecule has 1 aromatic rings. The van der Waals surface area contributed by atoms with E-state index in [1.54, 1.807) is 0 Å². The van der Waals surface area contributed by atoms with Crippen molar-refractivity contribution in [1.82, 2.24) is 0 Å². The lowest BCUT2D eigenvalue weighted by molar-refractivity contribution is -0.0920. The van der Waals surface area contributed by atoms with E-state index in [9.17, 15) is 5.11 Å². The van der Waals surface area contributed by atoms with Crippen LogP contribution in [0.1, 0.15) is 12.8 Å². The highest BCUT2D eigenvalue weighted by atomic mass is 32.2. The first-order valence-corrected chi connectivity index (χ1v) is 5.21. The second-order valence-corrected chi connectivity index (χ2v) is 4.39. The Morgan fingerprint density at radius 1 is 1.31 bits per heavy atom. The number of hydrogen-bond donors (Lipinski definition) is 1. The highest BCUT2D eigenvalue weighted by Gasteiger charge is 2.33. The summed E-state index contributed by atoms with van der Waals surface area (Å²) in [7, 11) is 0. The summed E-state index contributed by atoms with van der Waals surface area (Å²) in [4.78, 5) is 1.05. The van der Waals surface area contributed by atoms with E-state index < -0.39 is 5.12 Å². The molecule has 0 radical (unpaired) electrons. The summed E-state index contributed by atoms with van der Waals surface area (Å²) in [5.74, 6) is 0. The topological polar surface area (TPSA) is 29.5 Å². The Labute approximate surface area is 81.9 Å². The molecular formula is C10H12O2S. The van der Waals surface area contributed by atoms with E-state index in [0.717, 1.165) is 11.3 Å². The lowest BCUT2D eigenvalue weighted by Crippen LogP contribution is -2.21. The molecule has 0 spiro atoms. The minimum Gasteiger partial charge on any atom is -0.357 e. The lowest BCUT2D eigenvalue weighted by atomic mass is 10.4. The van der Waals surface area contributed by atoms with Gasteiger partial charge in [0, 0.05) is 11.3 Å². The van der Waals surface area contributed by atoms with Crippen molar-refractivity contribution in [2.75, 3.05) is 6.61 Å². The zero-order valence-corrected chi connectivity index (χ0v) is 8.09. The van der Waals surface area contributed by atoms with Crippen molar-refractivity contribution in [3.05, 3.63) is 30.3 Å². The van der Waals surface area contributed by atoms with Gasteiger partial charge in [-0.3, -0.25) is 0 Å². The van der Waals surface area contributed by atoms with Gasteiger partial charge in [0.05, 0.1) is 6.61 Å². The van der Waals surface area contributed by atoms with Gasteiger partial charge in [-0.2, -0.15) is 0 Å². The molecule has 0 aliphatic carbocycles. The molecule has 1 fully saturated rings. The van der Waals surface area contributed by atoms with Crippen LogP contribution in [0.15, 0.2) is 35.2 Å². The first-order chi connectivity index (χ1) is 6.29. The molecule has 0 bridgehead atoms. The van der Waals surface area contributed by atoms with Gasteiger partial charge >= 0.3 is 0 Å². The third kappa shape index (κ3) is 2.24. The van der Waals surface area contributed by atoms with Crippen molar-refractivity contribution >= 4 is 11.8 Å². The summed E-state index contributed by atoms with van der Waals surface area (Å²) in [6, 6.07) is 9.83. The highest BCUT2D eigenvalue weighted by molar-refractivity contribution is 8.00. The third-order valence-corrected chi connectivity index (χ3v) is 3.13. The minimum absolute atomic E-state index is 0.663. The molecule has 1 saturated heterocycles. The van der Waals surface area contributed by atoms with Crippen LogP contribution in [0.4, 0.5) is 0 Å². The molecule has 3 heteroatoms. The summed E-state index contributed by atoms with van der Waals surface area (Å²) in [5, 5.41) is 8.90. The molecule has 1 aliphatic rings. The van der Waals surface area contributed by atoms with E-state index in [1.165, 1.54) is 11.8 Å². The molecule has 2 nitrogen and oxygen atoms in total. The molecule has 0 aromatic heterocycles. The van der Waals surface area contributed by atoms with Gasteiger partial charge in [0.2, 0.25) is 5.12 Å². The molecule has 2 rings (SSSR count). The second-order valence-electron chi connectivity index (χ2n) is 3.08. The van der Waals surface area contributed by atoms with Gasteiger partial charge in [-0.1, -0.05) is 30.0 Å². The van der Waals surface area contributed by atoms with Crippen LogP contribution in [0.2, 0.25) is 0 Å². The standard InChI is InChI=1S/C10H12O2S/c11-10(7-4-8-12-10)13-9-5-2-1-3-6-9/h1-3,5-6,11H,4,7-8H2. The van der Waals surface area contributed by atoms with Crippen LogP contribution in [-0.4, -0.2) is 16.8 Å². The van der Waals surface area contributed by atoms with Gasteiger partial charge < -0.3 is 9.84 Å². The lowest BCUT2D eigenvalue weighted by Gasteiger charge is -2.20. The fourth-order valence-corrected chi connectivity index (χ4v) is 2.40. The Hall–Kier alpha value is -0.510. The summed E-state index contributed by atoms with van der Waals surface area (Å²) in [6.07, 6.45) is 1.66. The number of ether oxygens (including phenoxy) is 1. The van der Waals surface area contributed by atoms with Gasteiger partial charge in [0.15, 0.2) is 0 Å². The van der Waals surface area contributed by atoms with Crippen molar-refractivity contribution in [1.29, 1.82) is 0 Å². The van der Waals surface area contributed by atoms with Crippen molar-refractivity contribution in [2.45, 2.75) is 22.9 Å².